The molecule has 4 aliphatic rings. The Morgan fingerprint density at radius 2 is 1.13 bits per heavy atom. The van der Waals surface area contributed by atoms with E-state index in [1.54, 1.807) is 31.2 Å². The fourth-order valence-corrected chi connectivity index (χ4v) is 8.30. The topological polar surface area (TPSA) is 75.7 Å². The molecule has 0 saturated carbocycles. The van der Waals surface area contributed by atoms with E-state index in [2.05, 4.69) is 26.1 Å². The zero-order chi connectivity index (χ0) is 31.9. The third-order valence-corrected chi connectivity index (χ3v) is 10.7. The Morgan fingerprint density at radius 3 is 1.53 bits per heavy atom. The van der Waals surface area contributed by atoms with Gasteiger partial charge in [-0.05, 0) is 76.6 Å². The maximum Gasteiger partial charge on any atom is 0.247 e. The number of nitrogens with zero attached hydrogens (tertiary/aromatic N) is 1. The number of carbonyl (C=O) groups excluding carboxylic acids is 3. The van der Waals surface area contributed by atoms with Crippen molar-refractivity contribution in [2.75, 3.05) is 5.32 Å². The van der Waals surface area contributed by atoms with Crippen molar-refractivity contribution >= 4 is 46.6 Å². The van der Waals surface area contributed by atoms with Crippen molar-refractivity contribution in [3.8, 4) is 11.5 Å². The van der Waals surface area contributed by atoms with Crippen molar-refractivity contribution < 1.29 is 19.1 Å². The molecule has 0 unspecified atom stereocenters. The molecule has 3 aliphatic carbocycles. The number of alkyl halides is 2. The van der Waals surface area contributed by atoms with Crippen LogP contribution in [0.15, 0.2) is 97.1 Å². The quantitative estimate of drug-likeness (QED) is 0.180. The number of anilines is 1. The van der Waals surface area contributed by atoms with Crippen LogP contribution in [0.3, 0.4) is 0 Å². The molecule has 45 heavy (non-hydrogen) atoms. The zero-order valence-corrected chi connectivity index (χ0v) is 26.8. The maximum atomic E-state index is 14.2. The number of hydrogen-bond acceptors (Lipinski definition) is 4. The van der Waals surface area contributed by atoms with Crippen molar-refractivity contribution in [1.82, 2.24) is 4.90 Å². The molecule has 1 saturated heterocycles. The fraction of sp³-hybridized carbons (Fsp3) is 0.270. The molecule has 1 aliphatic heterocycles. The van der Waals surface area contributed by atoms with Gasteiger partial charge in [0.1, 0.15) is 27.3 Å². The summed E-state index contributed by atoms with van der Waals surface area (Å²) < 4.78 is 5.98. The molecule has 4 aromatic rings. The van der Waals surface area contributed by atoms with Crippen molar-refractivity contribution in [3.63, 3.8) is 0 Å². The van der Waals surface area contributed by atoms with E-state index in [1.165, 1.54) is 5.56 Å². The molecule has 3 amide bonds. The molecule has 4 aromatic carbocycles. The van der Waals surface area contributed by atoms with Crippen molar-refractivity contribution in [2.45, 2.75) is 48.9 Å². The van der Waals surface area contributed by atoms with Gasteiger partial charge in [0.2, 0.25) is 17.7 Å². The standard InChI is InChI=1S/C37H32Cl2N2O4/c1-21(32(42)40-23-15-19-25(20-16-23)45-24-17-13-22(14-18-24)35(2,3)4)41-33(43)30-31(34(41)44)37(39)27-10-6-5-9-26(27)36(30,38)28-11-7-8-12-29(28)37/h5-21,30-31H,1-4H3,(H,40,42)/t21-,30-,31+,36?,37?/m1/s1. The number of benzene rings is 4. The molecule has 8 rings (SSSR count). The van der Waals surface area contributed by atoms with E-state index in [0.29, 0.717) is 39.4 Å². The molecular weight excluding hydrogens is 607 g/mol. The second-order valence-electron chi connectivity index (χ2n) is 13.1. The second kappa shape index (κ2) is 10.2. The molecule has 3 atom stereocenters. The highest BCUT2D eigenvalue weighted by atomic mass is 35.5. The largest absolute Gasteiger partial charge is 0.457 e. The molecule has 8 heteroatoms. The van der Waals surface area contributed by atoms with Crippen LogP contribution in [-0.4, -0.2) is 28.7 Å². The number of nitrogens with one attached hydrogen (secondary N) is 1. The van der Waals surface area contributed by atoms with Gasteiger partial charge in [0.05, 0.1) is 11.8 Å². The average Bonchev–Trinajstić information content (AvgIpc) is 3.31. The third kappa shape index (κ3) is 4.26. The highest BCUT2D eigenvalue weighted by Crippen LogP contribution is 2.69. The number of ether oxygens (including phenoxy) is 1. The number of rotatable bonds is 5. The summed E-state index contributed by atoms with van der Waals surface area (Å²) in [4.78, 5) is 40.3. The van der Waals surface area contributed by atoms with E-state index in [0.717, 1.165) is 4.90 Å². The second-order valence-corrected chi connectivity index (χ2v) is 14.3. The highest BCUT2D eigenvalue weighted by molar-refractivity contribution is 6.36. The molecule has 1 fully saturated rings. The van der Waals surface area contributed by atoms with E-state index >= 15 is 0 Å². The Labute approximate surface area is 272 Å². The van der Waals surface area contributed by atoms with Crippen LogP contribution in [0.4, 0.5) is 5.69 Å². The van der Waals surface area contributed by atoms with Gasteiger partial charge in [-0.3, -0.25) is 19.3 Å². The van der Waals surface area contributed by atoms with Crippen LogP contribution in [0.1, 0.15) is 55.5 Å². The Hall–Kier alpha value is -4.13. The Morgan fingerprint density at radius 1 is 0.733 bits per heavy atom. The van der Waals surface area contributed by atoms with Crippen LogP contribution in [0.25, 0.3) is 0 Å². The lowest BCUT2D eigenvalue weighted by Gasteiger charge is -2.54. The lowest BCUT2D eigenvalue weighted by Crippen LogP contribution is -2.57. The summed E-state index contributed by atoms with van der Waals surface area (Å²) in [5, 5.41) is 2.84. The van der Waals surface area contributed by atoms with Gasteiger partial charge < -0.3 is 10.1 Å². The first kappa shape index (κ1) is 29.6. The van der Waals surface area contributed by atoms with E-state index in [1.807, 2.05) is 72.8 Å². The lowest BCUT2D eigenvalue weighted by molar-refractivity contribution is -0.146. The summed E-state index contributed by atoms with van der Waals surface area (Å²) in [5.74, 6) is -2.12. The average molecular weight is 640 g/mol. The van der Waals surface area contributed by atoms with Gasteiger partial charge in [0, 0.05) is 5.69 Å². The van der Waals surface area contributed by atoms with Gasteiger partial charge in [0.15, 0.2) is 0 Å². The molecule has 0 radical (unpaired) electrons. The van der Waals surface area contributed by atoms with E-state index in [-0.39, 0.29) is 5.41 Å². The van der Waals surface area contributed by atoms with Crippen LogP contribution >= 0.6 is 23.2 Å². The predicted octanol–water partition coefficient (Wildman–Crippen LogP) is 7.70. The van der Waals surface area contributed by atoms with E-state index in [9.17, 15) is 14.4 Å². The number of carbonyl (C=O) groups is 3. The van der Waals surface area contributed by atoms with Gasteiger partial charge in [-0.1, -0.05) is 81.4 Å². The minimum absolute atomic E-state index is 0.0458. The van der Waals surface area contributed by atoms with Crippen LogP contribution in [-0.2, 0) is 29.5 Å². The molecule has 1 N–H and O–H groups in total. The highest BCUT2D eigenvalue weighted by Gasteiger charge is 2.73. The minimum atomic E-state index is -1.30. The van der Waals surface area contributed by atoms with Gasteiger partial charge in [-0.25, -0.2) is 0 Å². The van der Waals surface area contributed by atoms with Crippen molar-refractivity contribution in [2.24, 2.45) is 11.8 Å². The van der Waals surface area contributed by atoms with E-state index < -0.39 is 45.3 Å². The summed E-state index contributed by atoms with van der Waals surface area (Å²) in [6, 6.07) is 28.7. The number of hydrogen-bond donors (Lipinski definition) is 1. The van der Waals surface area contributed by atoms with Crippen molar-refractivity contribution in [3.05, 3.63) is 125 Å². The molecule has 2 bridgehead atoms. The zero-order valence-electron chi connectivity index (χ0n) is 25.3. The van der Waals surface area contributed by atoms with Gasteiger partial charge in [0.25, 0.3) is 0 Å². The first-order valence-electron chi connectivity index (χ1n) is 15.0. The molecule has 0 spiro atoms. The number of halogens is 2. The number of likely N-dealkylation sites (tertiary alicyclic amines) is 1. The van der Waals surface area contributed by atoms with Crippen LogP contribution in [0.5, 0.6) is 11.5 Å². The van der Waals surface area contributed by atoms with Gasteiger partial charge >= 0.3 is 0 Å². The Balaban J connectivity index is 1.12. The van der Waals surface area contributed by atoms with Gasteiger partial charge in [-0.15, -0.1) is 23.2 Å². The van der Waals surface area contributed by atoms with E-state index in [4.69, 9.17) is 27.9 Å². The number of amides is 3. The predicted molar refractivity (Wildman–Crippen MR) is 175 cm³/mol. The molecule has 0 aromatic heterocycles. The third-order valence-electron chi connectivity index (χ3n) is 9.46. The molecule has 1 heterocycles. The summed E-state index contributed by atoms with van der Waals surface area (Å²) in [6.45, 7) is 8.02. The van der Waals surface area contributed by atoms with Crippen LogP contribution in [0.2, 0.25) is 0 Å². The summed E-state index contributed by atoms with van der Waals surface area (Å²) in [5.41, 5.74) is 4.62. The molecular formula is C37H32Cl2N2O4. The smallest absolute Gasteiger partial charge is 0.247 e. The van der Waals surface area contributed by atoms with Crippen LogP contribution < -0.4 is 10.1 Å². The Kier molecular flexibility index (Phi) is 6.70. The lowest BCUT2D eigenvalue weighted by atomic mass is 9.54. The SMILES string of the molecule is C[C@H](C(=O)Nc1ccc(Oc2ccc(C(C)(C)C)cc2)cc1)N1C(=O)[C@@H]2[C@H](C1=O)C1(Cl)c3ccccc3C2(Cl)c2ccccc21. The normalized spacial score (nSPS) is 25.3. The molecule has 228 valence electrons. The van der Waals surface area contributed by atoms with Crippen LogP contribution in [0, 0.1) is 11.8 Å². The van der Waals surface area contributed by atoms with Crippen molar-refractivity contribution in [1.29, 1.82) is 0 Å². The summed E-state index contributed by atoms with van der Waals surface area (Å²) in [6.07, 6.45) is 0. The maximum absolute atomic E-state index is 14.2. The number of imide groups is 1. The first-order valence-corrected chi connectivity index (χ1v) is 15.8. The minimum Gasteiger partial charge on any atom is -0.457 e. The first-order chi connectivity index (χ1) is 21.4. The monoisotopic (exact) mass is 638 g/mol. The fourth-order valence-electron chi connectivity index (χ4n) is 7.20. The molecule has 6 nitrogen and oxygen atoms in total. The van der Waals surface area contributed by atoms with Gasteiger partial charge in [-0.2, -0.15) is 0 Å². The Bertz CT molecular complexity index is 1740. The summed E-state index contributed by atoms with van der Waals surface area (Å²) >= 11 is 15.0. The summed E-state index contributed by atoms with van der Waals surface area (Å²) in [7, 11) is 0.